The Morgan fingerprint density at radius 2 is 1.93 bits per heavy atom. The van der Waals surface area contributed by atoms with Gasteiger partial charge < -0.3 is 15.2 Å². The minimum atomic E-state index is -3.65. The van der Waals surface area contributed by atoms with Crippen molar-refractivity contribution >= 4 is 40.0 Å². The third-order valence-corrected chi connectivity index (χ3v) is 6.62. The van der Waals surface area contributed by atoms with E-state index in [0.29, 0.717) is 45.0 Å². The van der Waals surface area contributed by atoms with E-state index in [-0.39, 0.29) is 29.8 Å². The highest BCUT2D eigenvalue weighted by Gasteiger charge is 2.31. The molecule has 1 aromatic rings. The fourth-order valence-corrected chi connectivity index (χ4v) is 4.80. The van der Waals surface area contributed by atoms with E-state index in [0.717, 1.165) is 6.42 Å². The summed E-state index contributed by atoms with van der Waals surface area (Å²) in [7, 11) is -3.65. The Hall–Kier alpha value is -1.72. The molecule has 11 heteroatoms. The zero-order valence-electron chi connectivity index (χ0n) is 15.2. The smallest absolute Gasteiger partial charge is 0.320 e. The summed E-state index contributed by atoms with van der Waals surface area (Å²) in [6, 6.07) is 5.43. The number of carboxylic acids is 1. The molecule has 156 valence electrons. The summed E-state index contributed by atoms with van der Waals surface area (Å²) in [5, 5.41) is 11.8. The summed E-state index contributed by atoms with van der Waals surface area (Å²) in [5.41, 5.74) is 0.361. The summed E-state index contributed by atoms with van der Waals surface area (Å²) in [6.45, 7) is 1.81. The van der Waals surface area contributed by atoms with Crippen molar-refractivity contribution in [1.82, 2.24) is 9.21 Å². The third kappa shape index (κ3) is 5.21. The number of halogens is 1. The molecule has 2 heterocycles. The molecular formula is C17H24ClN3O6S. The molecule has 0 bridgehead atoms. The number of carbonyl (C=O) groups is 2. The number of amides is 1. The van der Waals surface area contributed by atoms with Gasteiger partial charge >= 0.3 is 5.97 Å². The summed E-state index contributed by atoms with van der Waals surface area (Å²) in [6.07, 6.45) is 1.26. The molecule has 2 aliphatic heterocycles. The molecule has 0 unspecified atom stereocenters. The number of anilines is 1. The number of aliphatic carboxylic acids is 1. The lowest BCUT2D eigenvalue weighted by Gasteiger charge is -2.26. The first-order valence-corrected chi connectivity index (χ1v) is 10.3. The SMILES string of the molecule is Cl.O=C(CN1CCC[C@H]1C(=O)O)Nc1cccc(S(=O)(=O)N2CCOCC2)c1. The van der Waals surface area contributed by atoms with Crippen LogP contribution in [0.25, 0.3) is 0 Å². The van der Waals surface area contributed by atoms with Crippen molar-refractivity contribution in [3.8, 4) is 0 Å². The Morgan fingerprint density at radius 1 is 1.21 bits per heavy atom. The lowest BCUT2D eigenvalue weighted by Crippen LogP contribution is -2.41. The van der Waals surface area contributed by atoms with Gasteiger partial charge in [0, 0.05) is 18.8 Å². The molecule has 9 nitrogen and oxygen atoms in total. The van der Waals surface area contributed by atoms with Gasteiger partial charge in [-0.1, -0.05) is 6.07 Å². The number of carbonyl (C=O) groups excluding carboxylic acids is 1. The predicted octanol–water partition coefficient (Wildman–Crippen LogP) is 0.617. The Kier molecular flexibility index (Phi) is 7.79. The van der Waals surface area contributed by atoms with Gasteiger partial charge in [0.05, 0.1) is 24.7 Å². The minimum absolute atomic E-state index is 0. The third-order valence-electron chi connectivity index (χ3n) is 4.72. The normalized spacial score (nSPS) is 21.1. The molecule has 2 N–H and O–H groups in total. The van der Waals surface area contributed by atoms with Gasteiger partial charge in [0.1, 0.15) is 6.04 Å². The topological polar surface area (TPSA) is 116 Å². The molecule has 0 radical (unpaired) electrons. The van der Waals surface area contributed by atoms with Gasteiger partial charge in [-0.05, 0) is 37.6 Å². The van der Waals surface area contributed by atoms with Gasteiger partial charge in [0.2, 0.25) is 15.9 Å². The van der Waals surface area contributed by atoms with E-state index < -0.39 is 22.0 Å². The molecule has 0 saturated carbocycles. The highest BCUT2D eigenvalue weighted by atomic mass is 35.5. The molecular weight excluding hydrogens is 410 g/mol. The summed E-state index contributed by atoms with van der Waals surface area (Å²) in [5.74, 6) is -1.30. The lowest BCUT2D eigenvalue weighted by atomic mass is 10.2. The first-order valence-electron chi connectivity index (χ1n) is 8.82. The number of nitrogens with zero attached hydrogens (tertiary/aromatic N) is 2. The van der Waals surface area contributed by atoms with Crippen molar-refractivity contribution in [2.75, 3.05) is 44.7 Å². The number of carboxylic acid groups (broad SMARTS) is 1. The van der Waals surface area contributed by atoms with Crippen LogP contribution in [-0.4, -0.2) is 80.0 Å². The van der Waals surface area contributed by atoms with E-state index in [1.165, 1.54) is 16.4 Å². The molecule has 0 aliphatic carbocycles. The maximum absolute atomic E-state index is 12.7. The number of ether oxygens (including phenoxy) is 1. The van der Waals surface area contributed by atoms with Crippen LogP contribution in [0.2, 0.25) is 0 Å². The lowest BCUT2D eigenvalue weighted by molar-refractivity contribution is -0.142. The molecule has 0 aromatic heterocycles. The van der Waals surface area contributed by atoms with E-state index in [1.54, 1.807) is 17.0 Å². The Morgan fingerprint density at radius 3 is 2.61 bits per heavy atom. The van der Waals surface area contributed by atoms with Crippen LogP contribution in [-0.2, 0) is 24.3 Å². The van der Waals surface area contributed by atoms with Gasteiger partial charge in [-0.15, -0.1) is 12.4 Å². The van der Waals surface area contributed by atoms with Gasteiger partial charge in [-0.25, -0.2) is 8.42 Å². The quantitative estimate of drug-likeness (QED) is 0.675. The maximum atomic E-state index is 12.7. The molecule has 2 aliphatic rings. The maximum Gasteiger partial charge on any atom is 0.320 e. The van der Waals surface area contributed by atoms with Crippen molar-refractivity contribution in [3.05, 3.63) is 24.3 Å². The van der Waals surface area contributed by atoms with Crippen molar-refractivity contribution in [1.29, 1.82) is 0 Å². The van der Waals surface area contributed by atoms with Crippen LogP contribution in [0.15, 0.2) is 29.2 Å². The van der Waals surface area contributed by atoms with Crippen LogP contribution < -0.4 is 5.32 Å². The second kappa shape index (κ2) is 9.66. The highest BCUT2D eigenvalue weighted by molar-refractivity contribution is 7.89. The number of rotatable bonds is 6. The van der Waals surface area contributed by atoms with Crippen LogP contribution >= 0.6 is 12.4 Å². The average molecular weight is 434 g/mol. The molecule has 1 aromatic carbocycles. The van der Waals surface area contributed by atoms with Gasteiger partial charge in [0.15, 0.2) is 0 Å². The van der Waals surface area contributed by atoms with Crippen molar-refractivity contribution in [2.45, 2.75) is 23.8 Å². The van der Waals surface area contributed by atoms with Crippen molar-refractivity contribution < 1.29 is 27.9 Å². The van der Waals surface area contributed by atoms with E-state index in [9.17, 15) is 23.1 Å². The summed E-state index contributed by atoms with van der Waals surface area (Å²) in [4.78, 5) is 25.2. The van der Waals surface area contributed by atoms with Crippen LogP contribution in [0.4, 0.5) is 5.69 Å². The van der Waals surface area contributed by atoms with Crippen molar-refractivity contribution in [2.24, 2.45) is 0 Å². The van der Waals surface area contributed by atoms with Crippen LogP contribution in [0.5, 0.6) is 0 Å². The van der Waals surface area contributed by atoms with Crippen LogP contribution in [0.1, 0.15) is 12.8 Å². The molecule has 3 rings (SSSR count). The standard InChI is InChI=1S/C17H23N3O6S.ClH/c21-16(12-19-6-2-5-15(19)17(22)23)18-13-3-1-4-14(11-13)27(24,25)20-7-9-26-10-8-20;/h1,3-4,11,15H,2,5-10,12H2,(H,18,21)(H,22,23);1H/t15-;/m0./s1. The average Bonchev–Trinajstić information content (AvgIpc) is 3.11. The minimum Gasteiger partial charge on any atom is -0.480 e. The fraction of sp³-hybridized carbons (Fsp3) is 0.529. The highest BCUT2D eigenvalue weighted by Crippen LogP contribution is 2.21. The van der Waals surface area contributed by atoms with E-state index in [1.807, 2.05) is 0 Å². The molecule has 1 atom stereocenters. The van der Waals surface area contributed by atoms with Crippen LogP contribution in [0, 0.1) is 0 Å². The number of hydrogen-bond acceptors (Lipinski definition) is 6. The largest absolute Gasteiger partial charge is 0.480 e. The number of morpholine rings is 1. The fourth-order valence-electron chi connectivity index (χ4n) is 3.35. The Bertz CT molecular complexity index is 813. The molecule has 0 spiro atoms. The number of hydrogen-bond donors (Lipinski definition) is 2. The number of sulfonamides is 1. The van der Waals surface area contributed by atoms with Gasteiger partial charge in [-0.2, -0.15) is 4.31 Å². The zero-order chi connectivity index (χ0) is 19.4. The molecule has 2 fully saturated rings. The molecule has 2 saturated heterocycles. The van der Waals surface area contributed by atoms with E-state index >= 15 is 0 Å². The van der Waals surface area contributed by atoms with E-state index in [4.69, 9.17) is 4.74 Å². The first-order chi connectivity index (χ1) is 12.9. The van der Waals surface area contributed by atoms with Gasteiger partial charge in [0.25, 0.3) is 0 Å². The number of likely N-dealkylation sites (tertiary alicyclic amines) is 1. The van der Waals surface area contributed by atoms with Crippen LogP contribution in [0.3, 0.4) is 0 Å². The number of nitrogens with one attached hydrogen (secondary N) is 1. The second-order valence-corrected chi connectivity index (χ2v) is 8.50. The first kappa shape index (κ1) is 22.6. The Balaban J connectivity index is 0.00000280. The van der Waals surface area contributed by atoms with E-state index in [2.05, 4.69) is 5.32 Å². The monoisotopic (exact) mass is 433 g/mol. The van der Waals surface area contributed by atoms with Crippen molar-refractivity contribution in [3.63, 3.8) is 0 Å². The second-order valence-electron chi connectivity index (χ2n) is 6.56. The predicted molar refractivity (Wildman–Crippen MR) is 104 cm³/mol. The summed E-state index contributed by atoms with van der Waals surface area (Å²) >= 11 is 0. The Labute approximate surface area is 170 Å². The molecule has 28 heavy (non-hydrogen) atoms. The summed E-state index contributed by atoms with van der Waals surface area (Å²) < 4.78 is 32.0. The van der Waals surface area contributed by atoms with Gasteiger partial charge in [-0.3, -0.25) is 14.5 Å². The zero-order valence-corrected chi connectivity index (χ0v) is 16.9. The number of benzene rings is 1. The molecule has 1 amide bonds.